The van der Waals surface area contributed by atoms with E-state index < -0.39 is 21.5 Å². The maximum absolute atomic E-state index is 12.7. The van der Waals surface area contributed by atoms with Crippen molar-refractivity contribution in [2.75, 3.05) is 13.1 Å². The van der Waals surface area contributed by atoms with E-state index in [-0.39, 0.29) is 29.8 Å². The predicted octanol–water partition coefficient (Wildman–Crippen LogP) is 1.13. The Morgan fingerprint density at radius 2 is 1.72 bits per heavy atom. The van der Waals surface area contributed by atoms with Crippen LogP contribution in [-0.4, -0.2) is 48.3 Å². The Morgan fingerprint density at radius 1 is 1.16 bits per heavy atom. The quantitative estimate of drug-likeness (QED) is 0.813. The summed E-state index contributed by atoms with van der Waals surface area (Å²) in [6, 6.07) is 6.70. The second kappa shape index (κ2) is 6.42. The number of carboxylic acids is 1. The fourth-order valence-electron chi connectivity index (χ4n) is 3.07. The molecule has 1 aliphatic carbocycles. The van der Waals surface area contributed by atoms with Crippen molar-refractivity contribution in [2.45, 2.75) is 43.0 Å². The van der Waals surface area contributed by atoms with Gasteiger partial charge in [0.1, 0.15) is 5.54 Å². The zero-order valence-corrected chi connectivity index (χ0v) is 14.9. The molecule has 0 aromatic heterocycles. The van der Waals surface area contributed by atoms with E-state index in [0.717, 1.165) is 5.56 Å². The van der Waals surface area contributed by atoms with Crippen molar-refractivity contribution in [1.82, 2.24) is 9.62 Å². The molecule has 25 heavy (non-hydrogen) atoms. The van der Waals surface area contributed by atoms with Gasteiger partial charge in [-0.05, 0) is 44.7 Å². The first-order valence-electron chi connectivity index (χ1n) is 8.37. The number of carbonyl (C=O) groups excluding carboxylic acids is 1. The van der Waals surface area contributed by atoms with Crippen LogP contribution >= 0.6 is 0 Å². The number of sulfonamides is 1. The van der Waals surface area contributed by atoms with Gasteiger partial charge in [-0.3, -0.25) is 4.79 Å². The van der Waals surface area contributed by atoms with Gasteiger partial charge >= 0.3 is 5.97 Å². The first kappa shape index (κ1) is 17.9. The molecule has 0 unspecified atom stereocenters. The van der Waals surface area contributed by atoms with Crippen molar-refractivity contribution in [2.24, 2.45) is 5.92 Å². The van der Waals surface area contributed by atoms with Crippen LogP contribution in [0.2, 0.25) is 0 Å². The van der Waals surface area contributed by atoms with Gasteiger partial charge in [0.15, 0.2) is 0 Å². The first-order valence-corrected chi connectivity index (χ1v) is 9.81. The lowest BCUT2D eigenvalue weighted by molar-refractivity contribution is -0.144. The summed E-state index contributed by atoms with van der Waals surface area (Å²) in [5.41, 5.74) is -0.107. The van der Waals surface area contributed by atoms with Gasteiger partial charge in [-0.1, -0.05) is 17.7 Å². The number of aryl methyl sites for hydroxylation is 1. The second-order valence-electron chi connectivity index (χ2n) is 6.87. The van der Waals surface area contributed by atoms with Crippen molar-refractivity contribution in [1.29, 1.82) is 0 Å². The summed E-state index contributed by atoms with van der Waals surface area (Å²) in [4.78, 5) is 23.7. The molecule has 8 heteroatoms. The van der Waals surface area contributed by atoms with Crippen LogP contribution in [0.5, 0.6) is 0 Å². The van der Waals surface area contributed by atoms with E-state index in [1.807, 2.05) is 6.92 Å². The third kappa shape index (κ3) is 3.55. The van der Waals surface area contributed by atoms with E-state index in [4.69, 9.17) is 5.11 Å². The maximum atomic E-state index is 12.7. The van der Waals surface area contributed by atoms with E-state index in [1.54, 1.807) is 24.3 Å². The van der Waals surface area contributed by atoms with Gasteiger partial charge in [0.25, 0.3) is 0 Å². The van der Waals surface area contributed by atoms with Crippen LogP contribution in [0.25, 0.3) is 0 Å². The van der Waals surface area contributed by atoms with Gasteiger partial charge in [-0.2, -0.15) is 4.31 Å². The second-order valence-corrected chi connectivity index (χ2v) is 8.81. The third-order valence-corrected chi connectivity index (χ3v) is 6.92. The average Bonchev–Trinajstić information content (AvgIpc) is 3.36. The van der Waals surface area contributed by atoms with Gasteiger partial charge < -0.3 is 10.4 Å². The molecule has 2 fully saturated rings. The number of rotatable bonds is 5. The number of aliphatic carboxylic acids is 1. The molecule has 0 radical (unpaired) electrons. The Kier molecular flexibility index (Phi) is 4.59. The number of nitrogens with one attached hydrogen (secondary N) is 1. The number of hydrogen-bond donors (Lipinski definition) is 2. The number of amides is 1. The van der Waals surface area contributed by atoms with Crippen LogP contribution in [-0.2, 0) is 19.6 Å². The van der Waals surface area contributed by atoms with E-state index >= 15 is 0 Å². The summed E-state index contributed by atoms with van der Waals surface area (Å²) >= 11 is 0. The van der Waals surface area contributed by atoms with Crippen LogP contribution in [0.1, 0.15) is 31.2 Å². The molecule has 1 heterocycles. The summed E-state index contributed by atoms with van der Waals surface area (Å²) in [6.45, 7) is 2.41. The molecule has 3 rings (SSSR count). The Labute approximate surface area is 147 Å². The Bertz CT molecular complexity index is 776. The highest BCUT2D eigenvalue weighted by Gasteiger charge is 2.52. The summed E-state index contributed by atoms with van der Waals surface area (Å²) in [5.74, 6) is -1.63. The SMILES string of the molecule is Cc1ccc(S(=O)(=O)N2CCC(C(=O)NC3(C(=O)O)CC3)CC2)cc1. The molecule has 0 spiro atoms. The average molecular weight is 366 g/mol. The molecule has 1 saturated heterocycles. The smallest absolute Gasteiger partial charge is 0.329 e. The number of hydrogen-bond acceptors (Lipinski definition) is 4. The minimum absolute atomic E-state index is 0.254. The van der Waals surface area contributed by atoms with Crippen molar-refractivity contribution in [3.8, 4) is 0 Å². The fraction of sp³-hybridized carbons (Fsp3) is 0.529. The molecule has 0 atom stereocenters. The number of benzene rings is 1. The first-order chi connectivity index (χ1) is 11.7. The highest BCUT2D eigenvalue weighted by molar-refractivity contribution is 7.89. The Hall–Kier alpha value is -1.93. The van der Waals surface area contributed by atoms with Crippen molar-refractivity contribution in [3.05, 3.63) is 29.8 Å². The van der Waals surface area contributed by atoms with Crippen molar-refractivity contribution < 1.29 is 23.1 Å². The maximum Gasteiger partial charge on any atom is 0.329 e. The minimum atomic E-state index is -3.56. The summed E-state index contributed by atoms with van der Waals surface area (Å²) in [6.07, 6.45) is 1.70. The monoisotopic (exact) mass is 366 g/mol. The van der Waals surface area contributed by atoms with Crippen LogP contribution in [0.15, 0.2) is 29.2 Å². The Morgan fingerprint density at radius 3 is 2.20 bits per heavy atom. The van der Waals surface area contributed by atoms with Crippen LogP contribution in [0.3, 0.4) is 0 Å². The Balaban J connectivity index is 1.61. The lowest BCUT2D eigenvalue weighted by Gasteiger charge is -2.31. The molecule has 7 nitrogen and oxygen atoms in total. The molecule has 1 aromatic carbocycles. The largest absolute Gasteiger partial charge is 0.480 e. The zero-order valence-electron chi connectivity index (χ0n) is 14.1. The lowest BCUT2D eigenvalue weighted by atomic mass is 9.96. The van der Waals surface area contributed by atoms with Crippen LogP contribution in [0, 0.1) is 12.8 Å². The van der Waals surface area contributed by atoms with Gasteiger partial charge in [0.2, 0.25) is 15.9 Å². The molecule has 1 saturated carbocycles. The number of piperidine rings is 1. The van der Waals surface area contributed by atoms with Gasteiger partial charge in [0, 0.05) is 19.0 Å². The van der Waals surface area contributed by atoms with E-state index in [2.05, 4.69) is 5.32 Å². The molecule has 1 aliphatic heterocycles. The standard InChI is InChI=1S/C17H22N2O5S/c1-12-2-4-14(5-3-12)25(23,24)19-10-6-13(7-11-19)15(20)18-17(8-9-17)16(21)22/h2-5,13H,6-11H2,1H3,(H,18,20)(H,21,22). The molecule has 2 N–H and O–H groups in total. The predicted molar refractivity (Wildman–Crippen MR) is 90.4 cm³/mol. The number of nitrogens with zero attached hydrogens (tertiary/aromatic N) is 1. The summed E-state index contributed by atoms with van der Waals surface area (Å²) in [5, 5.41) is 11.8. The number of carbonyl (C=O) groups is 2. The fourth-order valence-corrected chi connectivity index (χ4v) is 4.54. The van der Waals surface area contributed by atoms with E-state index in [9.17, 15) is 18.0 Å². The highest BCUT2D eigenvalue weighted by atomic mass is 32.2. The molecule has 136 valence electrons. The van der Waals surface area contributed by atoms with Gasteiger partial charge in [-0.25, -0.2) is 13.2 Å². The van der Waals surface area contributed by atoms with Gasteiger partial charge in [0.05, 0.1) is 4.90 Å². The molecular formula is C17H22N2O5S. The topological polar surface area (TPSA) is 104 Å². The minimum Gasteiger partial charge on any atom is -0.480 e. The lowest BCUT2D eigenvalue weighted by Crippen LogP contribution is -2.48. The van der Waals surface area contributed by atoms with Gasteiger partial charge in [-0.15, -0.1) is 0 Å². The van der Waals surface area contributed by atoms with Crippen LogP contribution in [0.4, 0.5) is 0 Å². The van der Waals surface area contributed by atoms with Crippen LogP contribution < -0.4 is 5.32 Å². The third-order valence-electron chi connectivity index (χ3n) is 5.01. The van der Waals surface area contributed by atoms with E-state index in [1.165, 1.54) is 4.31 Å². The molecule has 2 aliphatic rings. The molecular weight excluding hydrogens is 344 g/mol. The van der Waals surface area contributed by atoms with Crippen molar-refractivity contribution >= 4 is 21.9 Å². The molecule has 1 aromatic rings. The summed E-state index contributed by atoms with van der Waals surface area (Å²) < 4.78 is 26.7. The molecule has 0 bridgehead atoms. The number of carboxylic acid groups (broad SMARTS) is 1. The highest BCUT2D eigenvalue weighted by Crippen LogP contribution is 2.36. The van der Waals surface area contributed by atoms with E-state index in [0.29, 0.717) is 25.7 Å². The van der Waals surface area contributed by atoms with Crippen molar-refractivity contribution in [3.63, 3.8) is 0 Å². The zero-order chi connectivity index (χ0) is 18.2. The summed E-state index contributed by atoms with van der Waals surface area (Å²) in [7, 11) is -3.56. The normalized spacial score (nSPS) is 20.8. The molecule has 1 amide bonds.